The number of carbonyl (C=O) groups excluding carboxylic acids is 1. The van der Waals surface area contributed by atoms with E-state index < -0.39 is 5.60 Å². The number of aryl methyl sites for hydroxylation is 2. The molecule has 4 heteroatoms. The summed E-state index contributed by atoms with van der Waals surface area (Å²) in [5.41, 5.74) is 3.35. The highest BCUT2D eigenvalue weighted by Gasteiger charge is 2.18. The van der Waals surface area contributed by atoms with E-state index in [9.17, 15) is 4.79 Å². The topological polar surface area (TPSA) is 50.4 Å². The maximum absolute atomic E-state index is 11.8. The number of amides is 1. The van der Waals surface area contributed by atoms with Crippen LogP contribution in [0.1, 0.15) is 63.8 Å². The van der Waals surface area contributed by atoms with Crippen molar-refractivity contribution in [3.05, 3.63) is 34.9 Å². The molecule has 0 bridgehead atoms. The summed E-state index contributed by atoms with van der Waals surface area (Å²) in [6, 6.07) is 7.03. The van der Waals surface area contributed by atoms with Crippen molar-refractivity contribution in [3.8, 4) is 0 Å². The first kappa shape index (κ1) is 19.5. The second-order valence-electron chi connectivity index (χ2n) is 7.30. The molecule has 2 N–H and O–H groups in total. The molecule has 0 aliphatic rings. The second-order valence-corrected chi connectivity index (χ2v) is 7.30. The van der Waals surface area contributed by atoms with Crippen LogP contribution in [0, 0.1) is 13.8 Å². The van der Waals surface area contributed by atoms with Gasteiger partial charge >= 0.3 is 6.09 Å². The van der Waals surface area contributed by atoms with E-state index in [2.05, 4.69) is 56.5 Å². The fourth-order valence-corrected chi connectivity index (χ4v) is 2.55. The highest BCUT2D eigenvalue weighted by atomic mass is 16.6. The summed E-state index contributed by atoms with van der Waals surface area (Å²) in [7, 11) is 0. The van der Waals surface area contributed by atoms with Crippen molar-refractivity contribution in [2.24, 2.45) is 0 Å². The summed E-state index contributed by atoms with van der Waals surface area (Å²) < 4.78 is 5.28. The Morgan fingerprint density at radius 3 is 2.22 bits per heavy atom. The van der Waals surface area contributed by atoms with Gasteiger partial charge in [0.05, 0.1) is 0 Å². The Balaban J connectivity index is 2.57. The Hall–Kier alpha value is -1.55. The van der Waals surface area contributed by atoms with Crippen LogP contribution < -0.4 is 10.6 Å². The summed E-state index contributed by atoms with van der Waals surface area (Å²) >= 11 is 0. The lowest BCUT2D eigenvalue weighted by Gasteiger charge is -2.25. The summed E-state index contributed by atoms with van der Waals surface area (Å²) in [5, 5.41) is 6.43. The molecule has 0 spiro atoms. The van der Waals surface area contributed by atoms with Crippen LogP contribution in [0.25, 0.3) is 0 Å². The van der Waals surface area contributed by atoms with Gasteiger partial charge in [-0.15, -0.1) is 0 Å². The molecule has 1 aromatic rings. The van der Waals surface area contributed by atoms with Gasteiger partial charge in [0, 0.05) is 18.6 Å². The first-order chi connectivity index (χ1) is 10.6. The third-order valence-electron chi connectivity index (χ3n) is 3.61. The number of benzene rings is 1. The number of hydrogen-bond acceptors (Lipinski definition) is 3. The SMILES string of the molecule is CCC(CNC(=O)OC(C)(C)C)NC(C)c1cc(C)cc(C)c1. The number of alkyl carbamates (subject to hydrolysis) is 1. The molecule has 130 valence electrons. The van der Waals surface area contributed by atoms with Gasteiger partial charge in [-0.05, 0) is 53.5 Å². The minimum Gasteiger partial charge on any atom is -0.444 e. The number of rotatable bonds is 6. The molecule has 0 saturated heterocycles. The van der Waals surface area contributed by atoms with Gasteiger partial charge in [-0.25, -0.2) is 4.79 Å². The van der Waals surface area contributed by atoms with Crippen LogP contribution in [0.3, 0.4) is 0 Å². The fraction of sp³-hybridized carbons (Fsp3) is 0.632. The first-order valence-electron chi connectivity index (χ1n) is 8.41. The largest absolute Gasteiger partial charge is 0.444 e. The molecule has 1 amide bonds. The molecule has 0 radical (unpaired) electrons. The molecule has 0 aliphatic carbocycles. The highest BCUT2D eigenvalue weighted by Crippen LogP contribution is 2.17. The van der Waals surface area contributed by atoms with Crippen molar-refractivity contribution < 1.29 is 9.53 Å². The van der Waals surface area contributed by atoms with E-state index in [0.29, 0.717) is 6.54 Å². The van der Waals surface area contributed by atoms with Gasteiger partial charge in [0.2, 0.25) is 0 Å². The Bertz CT molecular complexity index is 500. The predicted octanol–water partition coefficient (Wildman–Crippen LogP) is 4.26. The lowest BCUT2D eigenvalue weighted by atomic mass is 10.0. The quantitative estimate of drug-likeness (QED) is 0.823. The Labute approximate surface area is 141 Å². The molecule has 0 fully saturated rings. The summed E-state index contributed by atoms with van der Waals surface area (Å²) in [6.07, 6.45) is 0.571. The first-order valence-corrected chi connectivity index (χ1v) is 8.41. The van der Waals surface area contributed by atoms with Crippen molar-refractivity contribution >= 4 is 6.09 Å². The van der Waals surface area contributed by atoms with E-state index >= 15 is 0 Å². The maximum atomic E-state index is 11.8. The maximum Gasteiger partial charge on any atom is 0.407 e. The normalized spacial score (nSPS) is 14.2. The summed E-state index contributed by atoms with van der Waals surface area (Å²) in [6.45, 7) is 14.7. The van der Waals surface area contributed by atoms with Gasteiger partial charge in [-0.2, -0.15) is 0 Å². The molecule has 1 aromatic carbocycles. The van der Waals surface area contributed by atoms with Gasteiger partial charge in [0.15, 0.2) is 0 Å². The molecule has 0 heterocycles. The Kier molecular flexibility index (Phi) is 7.07. The minimum absolute atomic E-state index is 0.207. The zero-order chi connectivity index (χ0) is 17.6. The van der Waals surface area contributed by atoms with E-state index in [0.717, 1.165) is 6.42 Å². The van der Waals surface area contributed by atoms with Crippen molar-refractivity contribution in [3.63, 3.8) is 0 Å². The van der Waals surface area contributed by atoms with E-state index in [1.807, 2.05) is 20.8 Å². The monoisotopic (exact) mass is 320 g/mol. The van der Waals surface area contributed by atoms with E-state index in [1.54, 1.807) is 0 Å². The smallest absolute Gasteiger partial charge is 0.407 e. The second kappa shape index (κ2) is 8.34. The van der Waals surface area contributed by atoms with Gasteiger partial charge in [-0.3, -0.25) is 0 Å². The number of carbonyl (C=O) groups is 1. The van der Waals surface area contributed by atoms with E-state index in [-0.39, 0.29) is 18.2 Å². The van der Waals surface area contributed by atoms with Gasteiger partial charge < -0.3 is 15.4 Å². The van der Waals surface area contributed by atoms with E-state index in [4.69, 9.17) is 4.74 Å². The fourth-order valence-electron chi connectivity index (χ4n) is 2.55. The third-order valence-corrected chi connectivity index (χ3v) is 3.61. The average Bonchev–Trinajstić information content (AvgIpc) is 2.40. The molecule has 23 heavy (non-hydrogen) atoms. The predicted molar refractivity (Wildman–Crippen MR) is 95.8 cm³/mol. The van der Waals surface area contributed by atoms with Crippen molar-refractivity contribution in [2.75, 3.05) is 6.54 Å². The number of hydrogen-bond donors (Lipinski definition) is 2. The van der Waals surface area contributed by atoms with Gasteiger partial charge in [-0.1, -0.05) is 36.2 Å². The van der Waals surface area contributed by atoms with Crippen LogP contribution in [-0.4, -0.2) is 24.3 Å². The van der Waals surface area contributed by atoms with Crippen LogP contribution in [-0.2, 0) is 4.74 Å². The Morgan fingerprint density at radius 1 is 1.17 bits per heavy atom. The average molecular weight is 320 g/mol. The molecular formula is C19H32N2O2. The van der Waals surface area contributed by atoms with Crippen LogP contribution in [0.5, 0.6) is 0 Å². The molecule has 0 aliphatic heterocycles. The molecule has 2 atom stereocenters. The van der Waals surface area contributed by atoms with Crippen molar-refractivity contribution in [2.45, 2.75) is 72.6 Å². The van der Waals surface area contributed by atoms with Gasteiger partial charge in [0.1, 0.15) is 5.60 Å². The van der Waals surface area contributed by atoms with Crippen LogP contribution in [0.4, 0.5) is 4.79 Å². The van der Waals surface area contributed by atoms with Gasteiger partial charge in [0.25, 0.3) is 0 Å². The lowest BCUT2D eigenvalue weighted by Crippen LogP contribution is -2.43. The van der Waals surface area contributed by atoms with Crippen LogP contribution >= 0.6 is 0 Å². The number of nitrogens with one attached hydrogen (secondary N) is 2. The standard InChI is InChI=1S/C19H32N2O2/c1-8-17(12-20-18(22)23-19(5,6)7)21-15(4)16-10-13(2)9-14(3)11-16/h9-11,15,17,21H,8,12H2,1-7H3,(H,20,22). The molecule has 1 rings (SSSR count). The lowest BCUT2D eigenvalue weighted by molar-refractivity contribution is 0.0521. The molecular weight excluding hydrogens is 288 g/mol. The zero-order valence-corrected chi connectivity index (χ0v) is 15.6. The van der Waals surface area contributed by atoms with Crippen molar-refractivity contribution in [1.29, 1.82) is 0 Å². The molecule has 2 unspecified atom stereocenters. The third kappa shape index (κ3) is 7.51. The molecule has 0 saturated carbocycles. The highest BCUT2D eigenvalue weighted by molar-refractivity contribution is 5.67. The summed E-state index contributed by atoms with van der Waals surface area (Å²) in [4.78, 5) is 11.8. The minimum atomic E-state index is -0.467. The zero-order valence-electron chi connectivity index (χ0n) is 15.6. The summed E-state index contributed by atoms with van der Waals surface area (Å²) in [5.74, 6) is 0. The molecule has 4 nitrogen and oxygen atoms in total. The number of ether oxygens (including phenoxy) is 1. The van der Waals surface area contributed by atoms with Crippen molar-refractivity contribution in [1.82, 2.24) is 10.6 Å². The molecule has 0 aromatic heterocycles. The Morgan fingerprint density at radius 2 is 1.74 bits per heavy atom. The van der Waals surface area contributed by atoms with E-state index in [1.165, 1.54) is 16.7 Å². The van der Waals surface area contributed by atoms with Crippen LogP contribution in [0.15, 0.2) is 18.2 Å². The van der Waals surface area contributed by atoms with Crippen LogP contribution in [0.2, 0.25) is 0 Å².